The number of fused-ring (bicyclic) bond motifs is 3. The maximum atomic E-state index is 13.0. The fraction of sp³-hybridized carbons (Fsp3) is 0.435. The van der Waals surface area contributed by atoms with Crippen molar-refractivity contribution in [2.45, 2.75) is 63.6 Å². The van der Waals surface area contributed by atoms with Crippen LogP contribution in [0.1, 0.15) is 51.2 Å². The van der Waals surface area contributed by atoms with E-state index >= 15 is 0 Å². The van der Waals surface area contributed by atoms with Gasteiger partial charge in [0, 0.05) is 12.1 Å². The van der Waals surface area contributed by atoms with E-state index in [1.165, 1.54) is 6.42 Å². The van der Waals surface area contributed by atoms with Crippen LogP contribution in [0.25, 0.3) is 16.7 Å². The second-order valence-electron chi connectivity index (χ2n) is 7.83. The zero-order chi connectivity index (χ0) is 20.5. The highest BCUT2D eigenvalue weighted by molar-refractivity contribution is 7.99. The SMILES string of the molecule is CCc1cc(SCC(=O)N2C(C)CCCC2C)n2c(nc3ccccc32)c1C#N. The summed E-state index contributed by atoms with van der Waals surface area (Å²) < 4.78 is 2.04. The van der Waals surface area contributed by atoms with Crippen molar-refractivity contribution in [3.8, 4) is 6.07 Å². The predicted octanol–water partition coefficient (Wildman–Crippen LogP) is 4.80. The highest BCUT2D eigenvalue weighted by Crippen LogP contribution is 2.31. The zero-order valence-corrected chi connectivity index (χ0v) is 18.0. The molecule has 150 valence electrons. The Hall–Kier alpha value is -2.52. The van der Waals surface area contributed by atoms with Crippen LogP contribution in [-0.4, -0.2) is 38.0 Å². The topological polar surface area (TPSA) is 61.4 Å². The van der Waals surface area contributed by atoms with Crippen LogP contribution in [0.2, 0.25) is 0 Å². The summed E-state index contributed by atoms with van der Waals surface area (Å²) in [5, 5.41) is 10.7. The number of thioether (sulfide) groups is 1. The van der Waals surface area contributed by atoms with Crippen molar-refractivity contribution < 1.29 is 4.79 Å². The minimum Gasteiger partial charge on any atom is -0.337 e. The normalized spacial score (nSPS) is 19.6. The average Bonchev–Trinajstić information content (AvgIpc) is 3.11. The van der Waals surface area contributed by atoms with Crippen molar-refractivity contribution in [3.05, 3.63) is 41.5 Å². The van der Waals surface area contributed by atoms with E-state index in [2.05, 4.69) is 30.9 Å². The summed E-state index contributed by atoms with van der Waals surface area (Å²) in [4.78, 5) is 19.8. The number of pyridine rings is 1. The van der Waals surface area contributed by atoms with E-state index in [9.17, 15) is 10.1 Å². The molecule has 1 saturated heterocycles. The molecule has 0 N–H and O–H groups in total. The van der Waals surface area contributed by atoms with Gasteiger partial charge in [0.15, 0.2) is 5.65 Å². The van der Waals surface area contributed by atoms with E-state index in [4.69, 9.17) is 4.98 Å². The molecule has 2 aromatic heterocycles. The third-order valence-electron chi connectivity index (χ3n) is 5.94. The van der Waals surface area contributed by atoms with E-state index in [-0.39, 0.29) is 5.91 Å². The molecule has 1 aliphatic rings. The number of nitrogens with zero attached hydrogens (tertiary/aromatic N) is 4. The summed E-state index contributed by atoms with van der Waals surface area (Å²) in [7, 11) is 0. The number of carbonyl (C=O) groups is 1. The van der Waals surface area contributed by atoms with Gasteiger partial charge in [0.1, 0.15) is 6.07 Å². The van der Waals surface area contributed by atoms with E-state index in [0.29, 0.717) is 29.0 Å². The number of imidazole rings is 1. The lowest BCUT2D eigenvalue weighted by Gasteiger charge is -2.39. The molecule has 4 rings (SSSR count). The number of hydrogen-bond acceptors (Lipinski definition) is 4. The molecule has 1 aromatic carbocycles. The molecular weight excluding hydrogens is 380 g/mol. The number of aromatic nitrogens is 2. The Morgan fingerprint density at radius 1 is 1.28 bits per heavy atom. The molecule has 3 heterocycles. The van der Waals surface area contributed by atoms with Gasteiger partial charge < -0.3 is 4.90 Å². The van der Waals surface area contributed by atoms with E-state index in [0.717, 1.165) is 40.9 Å². The number of rotatable bonds is 4. The minimum atomic E-state index is 0.190. The van der Waals surface area contributed by atoms with Crippen molar-refractivity contribution in [2.24, 2.45) is 0 Å². The summed E-state index contributed by atoms with van der Waals surface area (Å²) in [6.07, 6.45) is 4.10. The first-order valence-corrected chi connectivity index (χ1v) is 11.3. The van der Waals surface area contributed by atoms with Crippen molar-refractivity contribution >= 4 is 34.3 Å². The number of para-hydroxylation sites is 2. The minimum absolute atomic E-state index is 0.190. The van der Waals surface area contributed by atoms with Crippen molar-refractivity contribution in [2.75, 3.05) is 5.75 Å². The number of benzene rings is 1. The molecule has 1 aliphatic heterocycles. The standard InChI is InChI=1S/C23H26N4OS/c1-4-17-12-22(29-14-21(28)26-15(2)8-7-9-16(26)3)27-20-11-6-5-10-19(20)25-23(27)18(17)13-24/h5-6,10-12,15-16H,4,7-9,14H2,1-3H3. The van der Waals surface area contributed by atoms with Crippen molar-refractivity contribution in [1.29, 1.82) is 5.26 Å². The largest absolute Gasteiger partial charge is 0.337 e. The fourth-order valence-electron chi connectivity index (χ4n) is 4.48. The Bertz CT molecular complexity index is 1100. The highest BCUT2D eigenvalue weighted by Gasteiger charge is 2.29. The van der Waals surface area contributed by atoms with Gasteiger partial charge in [0.05, 0.1) is 27.4 Å². The van der Waals surface area contributed by atoms with Crippen LogP contribution >= 0.6 is 11.8 Å². The Balaban J connectivity index is 1.73. The van der Waals surface area contributed by atoms with Gasteiger partial charge in [-0.05, 0) is 63.3 Å². The number of aryl methyl sites for hydroxylation is 1. The van der Waals surface area contributed by atoms with E-state index in [1.807, 2.05) is 35.6 Å². The summed E-state index contributed by atoms with van der Waals surface area (Å²) >= 11 is 1.55. The average molecular weight is 407 g/mol. The first-order valence-electron chi connectivity index (χ1n) is 10.3. The molecule has 0 bridgehead atoms. The van der Waals surface area contributed by atoms with Gasteiger partial charge in [-0.25, -0.2) is 4.98 Å². The number of hydrogen-bond donors (Lipinski definition) is 0. The van der Waals surface area contributed by atoms with Crippen LogP contribution in [0.4, 0.5) is 0 Å². The van der Waals surface area contributed by atoms with Crippen LogP contribution in [0.15, 0.2) is 35.4 Å². The predicted molar refractivity (Wildman–Crippen MR) is 117 cm³/mol. The van der Waals surface area contributed by atoms with Crippen LogP contribution < -0.4 is 0 Å². The third kappa shape index (κ3) is 3.49. The van der Waals surface area contributed by atoms with Gasteiger partial charge in [0.2, 0.25) is 5.91 Å². The molecule has 29 heavy (non-hydrogen) atoms. The number of amides is 1. The number of nitriles is 1. The summed E-state index contributed by atoms with van der Waals surface area (Å²) in [5.41, 5.74) is 4.12. The van der Waals surface area contributed by atoms with Crippen molar-refractivity contribution in [3.63, 3.8) is 0 Å². The first kappa shape index (κ1) is 19.8. The first-order chi connectivity index (χ1) is 14.0. The Labute approximate surface area is 175 Å². The second-order valence-corrected chi connectivity index (χ2v) is 8.82. The number of carbonyl (C=O) groups excluding carboxylic acids is 1. The maximum Gasteiger partial charge on any atom is 0.233 e. The summed E-state index contributed by atoms with van der Waals surface area (Å²) in [6, 6.07) is 12.9. The molecule has 0 radical (unpaired) electrons. The molecule has 0 spiro atoms. The molecule has 6 heteroatoms. The second kappa shape index (κ2) is 8.08. The smallest absolute Gasteiger partial charge is 0.233 e. The quantitative estimate of drug-likeness (QED) is 0.584. The monoisotopic (exact) mass is 406 g/mol. The highest BCUT2D eigenvalue weighted by atomic mass is 32.2. The number of likely N-dealkylation sites (tertiary alicyclic amines) is 1. The van der Waals surface area contributed by atoms with Gasteiger partial charge in [-0.2, -0.15) is 5.26 Å². The van der Waals surface area contributed by atoms with Crippen molar-refractivity contribution in [1.82, 2.24) is 14.3 Å². The lowest BCUT2D eigenvalue weighted by Crippen LogP contribution is -2.48. The molecule has 2 atom stereocenters. The van der Waals surface area contributed by atoms with Crippen LogP contribution in [0.3, 0.4) is 0 Å². The van der Waals surface area contributed by atoms with Gasteiger partial charge in [0.25, 0.3) is 0 Å². The van der Waals surface area contributed by atoms with Gasteiger partial charge in [-0.15, -0.1) is 0 Å². The molecule has 5 nitrogen and oxygen atoms in total. The lowest BCUT2D eigenvalue weighted by molar-refractivity contribution is -0.134. The zero-order valence-electron chi connectivity index (χ0n) is 17.2. The third-order valence-corrected chi connectivity index (χ3v) is 6.93. The molecule has 1 fully saturated rings. The van der Waals surface area contributed by atoms with E-state index in [1.54, 1.807) is 11.8 Å². The van der Waals surface area contributed by atoms with Crippen LogP contribution in [0.5, 0.6) is 0 Å². The Morgan fingerprint density at radius 3 is 2.69 bits per heavy atom. The molecule has 2 unspecified atom stereocenters. The summed E-state index contributed by atoms with van der Waals surface area (Å²) in [5.74, 6) is 0.584. The Morgan fingerprint density at radius 2 is 2.00 bits per heavy atom. The fourth-order valence-corrected chi connectivity index (χ4v) is 5.44. The maximum absolute atomic E-state index is 13.0. The van der Waals surface area contributed by atoms with Gasteiger partial charge >= 0.3 is 0 Å². The molecule has 1 amide bonds. The van der Waals surface area contributed by atoms with Gasteiger partial charge in [-0.3, -0.25) is 9.20 Å². The molecular formula is C23H26N4OS. The van der Waals surface area contributed by atoms with Crippen LogP contribution in [0, 0.1) is 11.3 Å². The Kier molecular flexibility index (Phi) is 5.51. The van der Waals surface area contributed by atoms with Crippen LogP contribution in [-0.2, 0) is 11.2 Å². The lowest BCUT2D eigenvalue weighted by atomic mass is 9.98. The van der Waals surface area contributed by atoms with Gasteiger partial charge in [-0.1, -0.05) is 30.8 Å². The van der Waals surface area contributed by atoms with E-state index < -0.39 is 0 Å². The molecule has 3 aromatic rings. The number of piperidine rings is 1. The summed E-state index contributed by atoms with van der Waals surface area (Å²) in [6.45, 7) is 6.35. The molecule has 0 aliphatic carbocycles. The molecule has 0 saturated carbocycles.